The maximum Gasteiger partial charge on any atom is 0.329 e. The van der Waals surface area contributed by atoms with E-state index in [0.29, 0.717) is 35.5 Å². The first kappa shape index (κ1) is 40.8. The SMILES string of the molecule is CN1CCN(CC#Cc2cccc3c2n(C)c(=O)n3C2CCC(=O)NC2=O)CC1.O=C(Nc1cn(C2CCCCC2)nc1C(F)F)c1cnn2ccc(OC3CCC3)nc12. The molecule has 16 nitrogen and oxygen atoms in total. The number of amides is 3. The summed E-state index contributed by atoms with van der Waals surface area (Å²) >= 11 is 0. The third-order valence-corrected chi connectivity index (χ3v) is 11.8. The van der Waals surface area contributed by atoms with Gasteiger partial charge >= 0.3 is 5.69 Å². The minimum absolute atomic E-state index is 0.0202. The normalized spacial score (nSPS) is 19.4. The highest BCUT2D eigenvalue weighted by molar-refractivity contribution is 6.08. The van der Waals surface area contributed by atoms with Crippen molar-refractivity contribution in [3.63, 3.8) is 0 Å². The predicted molar refractivity (Wildman–Crippen MR) is 218 cm³/mol. The maximum atomic E-state index is 13.6. The Morgan fingerprint density at radius 3 is 2.50 bits per heavy atom. The highest BCUT2D eigenvalue weighted by Gasteiger charge is 2.32. The molecule has 4 aromatic heterocycles. The summed E-state index contributed by atoms with van der Waals surface area (Å²) in [6, 6.07) is 6.67. The number of fused-ring (bicyclic) bond motifs is 2. The van der Waals surface area contributed by atoms with Crippen LogP contribution in [-0.2, 0) is 16.6 Å². The Morgan fingerprint density at radius 2 is 1.78 bits per heavy atom. The van der Waals surface area contributed by atoms with Gasteiger partial charge < -0.3 is 15.0 Å². The number of imide groups is 1. The first-order valence-electron chi connectivity index (χ1n) is 20.7. The van der Waals surface area contributed by atoms with E-state index in [2.05, 4.69) is 54.5 Å². The Bertz CT molecular complexity index is 2510. The van der Waals surface area contributed by atoms with E-state index in [9.17, 15) is 28.0 Å². The second-order valence-corrected chi connectivity index (χ2v) is 16.0. The van der Waals surface area contributed by atoms with Crippen LogP contribution in [0.4, 0.5) is 14.5 Å². The van der Waals surface area contributed by atoms with E-state index < -0.39 is 30.0 Å². The van der Waals surface area contributed by atoms with Crippen LogP contribution in [0.2, 0.25) is 0 Å². The number of carbonyl (C=O) groups excluding carboxylic acids is 3. The molecule has 18 heteroatoms. The Balaban J connectivity index is 0.000000167. The van der Waals surface area contributed by atoms with Crippen molar-refractivity contribution in [2.75, 3.05) is 45.1 Å². The minimum Gasteiger partial charge on any atom is -0.474 e. The van der Waals surface area contributed by atoms with Crippen molar-refractivity contribution in [3.05, 3.63) is 70.2 Å². The van der Waals surface area contributed by atoms with Crippen LogP contribution in [0, 0.1) is 11.8 Å². The number of alkyl halides is 2. The molecule has 316 valence electrons. The van der Waals surface area contributed by atoms with Crippen LogP contribution in [0.5, 0.6) is 5.88 Å². The average Bonchev–Trinajstić information content (AvgIpc) is 3.92. The molecule has 60 heavy (non-hydrogen) atoms. The van der Waals surface area contributed by atoms with Crippen molar-refractivity contribution in [1.82, 2.24) is 48.6 Å². The number of hydrogen-bond acceptors (Lipinski definition) is 10. The van der Waals surface area contributed by atoms with Crippen molar-refractivity contribution >= 4 is 40.1 Å². The van der Waals surface area contributed by atoms with Gasteiger partial charge in [0.2, 0.25) is 17.7 Å². The van der Waals surface area contributed by atoms with Gasteiger partial charge in [0.25, 0.3) is 12.3 Å². The molecule has 0 radical (unpaired) electrons. The van der Waals surface area contributed by atoms with Gasteiger partial charge in [-0.3, -0.25) is 38.4 Å². The van der Waals surface area contributed by atoms with Gasteiger partial charge in [0.15, 0.2) is 11.3 Å². The summed E-state index contributed by atoms with van der Waals surface area (Å²) in [5.41, 5.74) is 1.97. The summed E-state index contributed by atoms with van der Waals surface area (Å²) < 4.78 is 39.1. The molecular formula is C42H49F2N11O5. The number of aromatic nitrogens is 7. The fraction of sp³-hybridized carbons (Fsp3) is 0.500. The van der Waals surface area contributed by atoms with Gasteiger partial charge in [-0.2, -0.15) is 15.2 Å². The third-order valence-electron chi connectivity index (χ3n) is 11.8. The lowest BCUT2D eigenvalue weighted by Gasteiger charge is -2.30. The summed E-state index contributed by atoms with van der Waals surface area (Å²) in [5, 5.41) is 13.2. The number of nitrogens with zero attached hydrogens (tertiary/aromatic N) is 9. The second-order valence-electron chi connectivity index (χ2n) is 16.0. The summed E-state index contributed by atoms with van der Waals surface area (Å²) in [5.74, 6) is 5.59. The lowest BCUT2D eigenvalue weighted by Crippen LogP contribution is -2.44. The van der Waals surface area contributed by atoms with E-state index in [1.165, 1.54) is 21.5 Å². The number of para-hydroxylation sites is 1. The fourth-order valence-corrected chi connectivity index (χ4v) is 8.14. The molecule has 4 aliphatic rings. The number of nitrogens with one attached hydrogen (secondary N) is 2. The molecular weight excluding hydrogens is 777 g/mol. The van der Waals surface area contributed by atoms with E-state index >= 15 is 0 Å². The van der Waals surface area contributed by atoms with Gasteiger partial charge in [-0.1, -0.05) is 37.2 Å². The van der Waals surface area contributed by atoms with Crippen molar-refractivity contribution in [3.8, 4) is 17.7 Å². The Kier molecular flexibility index (Phi) is 12.1. The molecule has 1 unspecified atom stereocenters. The van der Waals surface area contributed by atoms with Crippen LogP contribution >= 0.6 is 0 Å². The zero-order valence-corrected chi connectivity index (χ0v) is 33.8. The number of hydrogen-bond donors (Lipinski definition) is 2. The molecule has 1 atom stereocenters. The van der Waals surface area contributed by atoms with Crippen LogP contribution in [-0.4, -0.2) is 107 Å². The molecule has 3 amide bonds. The fourth-order valence-electron chi connectivity index (χ4n) is 8.14. The summed E-state index contributed by atoms with van der Waals surface area (Å²) in [6.45, 7) is 4.77. The Labute approximate surface area is 344 Å². The van der Waals surface area contributed by atoms with Crippen LogP contribution in [0.1, 0.15) is 104 Å². The molecule has 2 N–H and O–H groups in total. The van der Waals surface area contributed by atoms with Gasteiger partial charge in [0, 0.05) is 58.1 Å². The summed E-state index contributed by atoms with van der Waals surface area (Å²) in [6.07, 6.45) is 10.6. The number of piperazine rings is 1. The molecule has 4 fully saturated rings. The van der Waals surface area contributed by atoms with Crippen LogP contribution in [0.25, 0.3) is 16.7 Å². The average molecular weight is 826 g/mol. The number of benzene rings is 1. The number of aryl methyl sites for hydroxylation is 1. The molecule has 0 spiro atoms. The van der Waals surface area contributed by atoms with Gasteiger partial charge in [0.05, 0.1) is 41.1 Å². The molecule has 2 saturated carbocycles. The molecule has 2 aliphatic carbocycles. The number of halogens is 2. The zero-order chi connectivity index (χ0) is 41.9. The second kappa shape index (κ2) is 17.7. The number of carbonyl (C=O) groups is 3. The van der Waals surface area contributed by atoms with Crippen molar-refractivity contribution in [1.29, 1.82) is 0 Å². The van der Waals surface area contributed by atoms with E-state index in [1.54, 1.807) is 28.6 Å². The number of likely N-dealkylation sites (N-methyl/N-ethyl adjacent to an activating group) is 1. The summed E-state index contributed by atoms with van der Waals surface area (Å²) in [7, 11) is 3.82. The van der Waals surface area contributed by atoms with Crippen molar-refractivity contribution < 1.29 is 27.9 Å². The third kappa shape index (κ3) is 8.68. The molecule has 5 aromatic rings. The standard InChI is InChI=1S/C21H24F2N6O2.C21H25N5O3/c22-19(23)18-16(12-29(27-18)13-5-2-1-3-6-13)25-21(30)15-11-24-28-10-9-17(26-20(15)28)31-14-7-4-8-14;1-23-11-13-25(14-12-23)10-4-6-15-5-3-7-16-19(15)24(2)21(29)26(16)17-8-9-18(27)22-20(17)28/h9-14,19H,1-8H2,(H,25,30);3,5,7,17H,8-14H2,1-2H3,(H,22,27,28). The van der Waals surface area contributed by atoms with E-state index in [-0.39, 0.29) is 41.4 Å². The number of anilines is 1. The first-order valence-corrected chi connectivity index (χ1v) is 20.7. The molecule has 0 bridgehead atoms. The minimum atomic E-state index is -2.79. The molecule has 6 heterocycles. The van der Waals surface area contributed by atoms with Crippen LogP contribution in [0.15, 0.2) is 47.7 Å². The van der Waals surface area contributed by atoms with E-state index in [0.717, 1.165) is 83.1 Å². The van der Waals surface area contributed by atoms with Crippen LogP contribution < -0.4 is 21.1 Å². The van der Waals surface area contributed by atoms with Gasteiger partial charge in [-0.05, 0) is 57.7 Å². The largest absolute Gasteiger partial charge is 0.474 e. The van der Waals surface area contributed by atoms with Crippen molar-refractivity contribution in [2.24, 2.45) is 7.05 Å². The lowest BCUT2D eigenvalue weighted by atomic mass is 9.96. The Morgan fingerprint density at radius 1 is 1.00 bits per heavy atom. The molecule has 1 aromatic carbocycles. The van der Waals surface area contributed by atoms with Crippen molar-refractivity contribution in [2.45, 2.75) is 88.8 Å². The number of ether oxygens (including phenoxy) is 1. The molecule has 9 rings (SSSR count). The molecule has 2 aliphatic heterocycles. The summed E-state index contributed by atoms with van der Waals surface area (Å²) in [4.78, 5) is 58.7. The number of piperidine rings is 1. The quantitative estimate of drug-likeness (QED) is 0.169. The number of rotatable bonds is 8. The topological polar surface area (TPSA) is 166 Å². The van der Waals surface area contributed by atoms with E-state index in [1.807, 2.05) is 18.2 Å². The van der Waals surface area contributed by atoms with Gasteiger partial charge in [-0.25, -0.2) is 18.1 Å². The highest BCUT2D eigenvalue weighted by atomic mass is 19.3. The van der Waals surface area contributed by atoms with Gasteiger partial charge in [-0.15, -0.1) is 0 Å². The van der Waals surface area contributed by atoms with E-state index in [4.69, 9.17) is 4.74 Å². The lowest BCUT2D eigenvalue weighted by molar-refractivity contribution is -0.135. The first-order chi connectivity index (χ1) is 29.0. The highest BCUT2D eigenvalue weighted by Crippen LogP contribution is 2.33. The molecule has 2 saturated heterocycles. The number of imidazole rings is 1. The zero-order valence-electron chi connectivity index (χ0n) is 33.8. The van der Waals surface area contributed by atoms with Gasteiger partial charge in [0.1, 0.15) is 17.7 Å². The monoisotopic (exact) mass is 825 g/mol. The van der Waals surface area contributed by atoms with Crippen LogP contribution in [0.3, 0.4) is 0 Å². The predicted octanol–water partition coefficient (Wildman–Crippen LogP) is 4.47. The maximum absolute atomic E-state index is 13.6. The Hall–Kier alpha value is -5.93. The smallest absolute Gasteiger partial charge is 0.329 e.